The minimum Gasteiger partial charge on any atom is -0.321 e. The standard InChI is InChI=1S/C12H17NO/c1-9(2)8-11(13)12(14)10-6-4-3-5-7-10/h3-7,9,11H,8,13H2,1-2H3/t11-/m1/s1. The van der Waals surface area contributed by atoms with Crippen molar-refractivity contribution in [2.24, 2.45) is 11.7 Å². The SMILES string of the molecule is CC(C)C[C@@H](N)C(=O)c1ccccc1. The molecule has 2 nitrogen and oxygen atoms in total. The first-order chi connectivity index (χ1) is 6.61. The van der Waals surface area contributed by atoms with Crippen molar-refractivity contribution in [1.29, 1.82) is 0 Å². The van der Waals surface area contributed by atoms with Crippen LogP contribution in [-0.2, 0) is 0 Å². The van der Waals surface area contributed by atoms with Gasteiger partial charge in [0.25, 0.3) is 0 Å². The highest BCUT2D eigenvalue weighted by Crippen LogP contribution is 2.09. The molecule has 1 aromatic rings. The first-order valence-corrected chi connectivity index (χ1v) is 4.96. The zero-order valence-corrected chi connectivity index (χ0v) is 8.73. The molecule has 0 amide bonds. The van der Waals surface area contributed by atoms with Crippen LogP contribution in [0.1, 0.15) is 30.6 Å². The normalized spacial score (nSPS) is 12.9. The third-order valence-electron chi connectivity index (χ3n) is 2.12. The molecule has 0 aromatic heterocycles. The van der Waals surface area contributed by atoms with Crippen LogP contribution in [0.25, 0.3) is 0 Å². The second-order valence-corrected chi connectivity index (χ2v) is 3.97. The van der Waals surface area contributed by atoms with Crippen LogP contribution in [0.3, 0.4) is 0 Å². The fraction of sp³-hybridized carbons (Fsp3) is 0.417. The molecular weight excluding hydrogens is 174 g/mol. The van der Waals surface area contributed by atoms with E-state index in [9.17, 15) is 4.79 Å². The fourth-order valence-electron chi connectivity index (χ4n) is 1.43. The third kappa shape index (κ3) is 2.96. The Labute approximate surface area is 85.1 Å². The summed E-state index contributed by atoms with van der Waals surface area (Å²) in [6.07, 6.45) is 0.744. The molecule has 1 atom stereocenters. The maximum absolute atomic E-state index is 11.8. The summed E-state index contributed by atoms with van der Waals surface area (Å²) in [5.41, 5.74) is 6.51. The highest BCUT2D eigenvalue weighted by molar-refractivity contribution is 5.99. The predicted molar refractivity (Wildman–Crippen MR) is 58.2 cm³/mol. The summed E-state index contributed by atoms with van der Waals surface area (Å²) in [6, 6.07) is 8.86. The van der Waals surface area contributed by atoms with Crippen LogP contribution < -0.4 is 5.73 Å². The van der Waals surface area contributed by atoms with Crippen molar-refractivity contribution in [3.63, 3.8) is 0 Å². The van der Waals surface area contributed by atoms with E-state index < -0.39 is 0 Å². The van der Waals surface area contributed by atoms with E-state index in [1.54, 1.807) is 0 Å². The molecule has 2 N–H and O–H groups in total. The van der Waals surface area contributed by atoms with Gasteiger partial charge >= 0.3 is 0 Å². The lowest BCUT2D eigenvalue weighted by Gasteiger charge is -2.12. The van der Waals surface area contributed by atoms with Gasteiger partial charge in [0, 0.05) is 5.56 Å². The molecule has 0 fully saturated rings. The van der Waals surface area contributed by atoms with Crippen molar-refractivity contribution in [3.8, 4) is 0 Å². The first kappa shape index (κ1) is 10.9. The number of Topliss-reactive ketones (excluding diaryl/α,β-unsaturated/α-hetero) is 1. The molecule has 0 saturated heterocycles. The number of carbonyl (C=O) groups is 1. The molecule has 0 radical (unpaired) electrons. The van der Waals surface area contributed by atoms with Crippen molar-refractivity contribution in [1.82, 2.24) is 0 Å². The van der Waals surface area contributed by atoms with Crippen LogP contribution >= 0.6 is 0 Å². The largest absolute Gasteiger partial charge is 0.321 e. The van der Waals surface area contributed by atoms with E-state index in [-0.39, 0.29) is 11.8 Å². The number of ketones is 1. The molecule has 1 aromatic carbocycles. The van der Waals surface area contributed by atoms with Gasteiger partial charge < -0.3 is 5.73 Å². The summed E-state index contributed by atoms with van der Waals surface area (Å²) in [5.74, 6) is 0.497. The Morgan fingerprint density at radius 1 is 1.29 bits per heavy atom. The van der Waals surface area contributed by atoms with Gasteiger partial charge in [0.2, 0.25) is 0 Å². The number of benzene rings is 1. The maximum atomic E-state index is 11.8. The van der Waals surface area contributed by atoms with E-state index in [0.717, 1.165) is 6.42 Å². The molecule has 0 aliphatic heterocycles. The van der Waals surface area contributed by atoms with Gasteiger partial charge in [0.15, 0.2) is 5.78 Å². The summed E-state index contributed by atoms with van der Waals surface area (Å²) < 4.78 is 0. The van der Waals surface area contributed by atoms with Crippen molar-refractivity contribution >= 4 is 5.78 Å². The minimum absolute atomic E-state index is 0.0410. The van der Waals surface area contributed by atoms with Crippen molar-refractivity contribution < 1.29 is 4.79 Å². The molecule has 0 aliphatic rings. The summed E-state index contributed by atoms with van der Waals surface area (Å²) >= 11 is 0. The lowest BCUT2D eigenvalue weighted by atomic mass is 9.97. The summed E-state index contributed by atoms with van der Waals surface area (Å²) in [4.78, 5) is 11.8. The second kappa shape index (κ2) is 4.91. The Kier molecular flexibility index (Phi) is 3.84. The number of rotatable bonds is 4. The highest BCUT2D eigenvalue weighted by Gasteiger charge is 2.16. The number of carbonyl (C=O) groups excluding carboxylic acids is 1. The smallest absolute Gasteiger partial charge is 0.179 e. The van der Waals surface area contributed by atoms with Crippen LogP contribution in [0.5, 0.6) is 0 Å². The van der Waals surface area contributed by atoms with Crippen LogP contribution in [0.15, 0.2) is 30.3 Å². The van der Waals surface area contributed by atoms with Crippen LogP contribution in [0.4, 0.5) is 0 Å². The lowest BCUT2D eigenvalue weighted by molar-refractivity contribution is 0.0951. The Balaban J connectivity index is 2.66. The monoisotopic (exact) mass is 191 g/mol. The van der Waals surface area contributed by atoms with Gasteiger partial charge in [0.1, 0.15) is 0 Å². The molecule has 76 valence electrons. The highest BCUT2D eigenvalue weighted by atomic mass is 16.1. The van der Waals surface area contributed by atoms with Gasteiger partial charge in [-0.25, -0.2) is 0 Å². The molecular formula is C12H17NO. The zero-order valence-electron chi connectivity index (χ0n) is 8.73. The van der Waals surface area contributed by atoms with Gasteiger partial charge in [-0.15, -0.1) is 0 Å². The fourth-order valence-corrected chi connectivity index (χ4v) is 1.43. The molecule has 0 aliphatic carbocycles. The Bertz CT molecular complexity index is 292. The van der Waals surface area contributed by atoms with E-state index in [4.69, 9.17) is 5.73 Å². The zero-order chi connectivity index (χ0) is 10.6. The average Bonchev–Trinajstić information content (AvgIpc) is 2.17. The number of hydrogen-bond acceptors (Lipinski definition) is 2. The van der Waals surface area contributed by atoms with Crippen molar-refractivity contribution in [2.45, 2.75) is 26.3 Å². The minimum atomic E-state index is -0.364. The van der Waals surface area contributed by atoms with Gasteiger partial charge in [-0.05, 0) is 12.3 Å². The quantitative estimate of drug-likeness (QED) is 0.742. The van der Waals surface area contributed by atoms with Crippen molar-refractivity contribution in [3.05, 3.63) is 35.9 Å². The van der Waals surface area contributed by atoms with Crippen molar-refractivity contribution in [2.75, 3.05) is 0 Å². The average molecular weight is 191 g/mol. The van der Waals surface area contributed by atoms with Crippen LogP contribution in [0.2, 0.25) is 0 Å². The van der Waals surface area contributed by atoms with E-state index in [0.29, 0.717) is 11.5 Å². The van der Waals surface area contributed by atoms with E-state index in [1.165, 1.54) is 0 Å². The maximum Gasteiger partial charge on any atom is 0.179 e. The molecule has 14 heavy (non-hydrogen) atoms. The van der Waals surface area contributed by atoms with E-state index in [1.807, 2.05) is 30.3 Å². The summed E-state index contributed by atoms with van der Waals surface area (Å²) in [5, 5.41) is 0. The topological polar surface area (TPSA) is 43.1 Å². The third-order valence-corrected chi connectivity index (χ3v) is 2.12. The van der Waals surface area contributed by atoms with E-state index in [2.05, 4.69) is 13.8 Å². The molecule has 1 rings (SSSR count). The van der Waals surface area contributed by atoms with Crippen LogP contribution in [0, 0.1) is 5.92 Å². The molecule has 0 heterocycles. The lowest BCUT2D eigenvalue weighted by Crippen LogP contribution is -2.31. The van der Waals surface area contributed by atoms with Gasteiger partial charge in [-0.3, -0.25) is 4.79 Å². The molecule has 2 heteroatoms. The number of nitrogens with two attached hydrogens (primary N) is 1. The molecule has 0 unspecified atom stereocenters. The molecule has 0 spiro atoms. The van der Waals surface area contributed by atoms with Crippen LogP contribution in [-0.4, -0.2) is 11.8 Å². The molecule has 0 saturated carbocycles. The van der Waals surface area contributed by atoms with E-state index >= 15 is 0 Å². The number of hydrogen-bond donors (Lipinski definition) is 1. The Morgan fingerprint density at radius 3 is 2.36 bits per heavy atom. The Hall–Kier alpha value is -1.15. The van der Waals surface area contributed by atoms with Gasteiger partial charge in [0.05, 0.1) is 6.04 Å². The first-order valence-electron chi connectivity index (χ1n) is 4.96. The van der Waals surface area contributed by atoms with Gasteiger partial charge in [-0.2, -0.15) is 0 Å². The van der Waals surface area contributed by atoms with Gasteiger partial charge in [-0.1, -0.05) is 44.2 Å². The summed E-state index contributed by atoms with van der Waals surface area (Å²) in [6.45, 7) is 4.14. The predicted octanol–water partition coefficient (Wildman–Crippen LogP) is 2.24. The summed E-state index contributed by atoms with van der Waals surface area (Å²) in [7, 11) is 0. The molecule has 0 bridgehead atoms. The second-order valence-electron chi connectivity index (χ2n) is 3.97. The Morgan fingerprint density at radius 2 is 1.86 bits per heavy atom.